The van der Waals surface area contributed by atoms with E-state index in [9.17, 15) is 9.59 Å². The number of hydrogen-bond acceptors (Lipinski definition) is 5. The van der Waals surface area contributed by atoms with Gasteiger partial charge in [-0.1, -0.05) is 36.9 Å². The first-order chi connectivity index (χ1) is 11.2. The Labute approximate surface area is 140 Å². The molecule has 1 fully saturated rings. The lowest BCUT2D eigenvalue weighted by atomic mass is 10.2. The van der Waals surface area contributed by atoms with Gasteiger partial charge in [0.1, 0.15) is 0 Å². The van der Waals surface area contributed by atoms with E-state index in [2.05, 4.69) is 10.2 Å². The highest BCUT2D eigenvalue weighted by Gasteiger charge is 2.52. The quantitative estimate of drug-likeness (QED) is 0.840. The Morgan fingerprint density at radius 3 is 2.65 bits per heavy atom. The average molecular weight is 332 g/mol. The number of nitrogens with one attached hydrogen (secondary N) is 1. The number of nitrogens with zero attached hydrogens (tertiary/aromatic N) is 1. The fourth-order valence-electron chi connectivity index (χ4n) is 2.96. The summed E-state index contributed by atoms with van der Waals surface area (Å²) in [6.45, 7) is 3.66. The van der Waals surface area contributed by atoms with E-state index in [-0.39, 0.29) is 5.91 Å². The molecule has 122 valence electrons. The maximum atomic E-state index is 13.0. The molecule has 1 amide bonds. The molecule has 0 aliphatic carbocycles. The second-order valence-corrected chi connectivity index (χ2v) is 6.96. The van der Waals surface area contributed by atoms with Crippen molar-refractivity contribution in [2.75, 3.05) is 24.2 Å². The van der Waals surface area contributed by atoms with Crippen LogP contribution in [0.1, 0.15) is 19.8 Å². The maximum Gasteiger partial charge on any atom is 0.334 e. The molecule has 0 radical (unpaired) electrons. The lowest BCUT2D eigenvalue weighted by Crippen LogP contribution is -2.46. The summed E-state index contributed by atoms with van der Waals surface area (Å²) in [5, 5.41) is 2.88. The van der Waals surface area contributed by atoms with Gasteiger partial charge in [0.05, 0.1) is 5.70 Å². The molecule has 1 saturated heterocycles. The van der Waals surface area contributed by atoms with Crippen molar-refractivity contribution < 1.29 is 14.3 Å². The van der Waals surface area contributed by atoms with Gasteiger partial charge in [-0.05, 0) is 30.7 Å². The second-order valence-electron chi connectivity index (χ2n) is 5.51. The summed E-state index contributed by atoms with van der Waals surface area (Å²) in [5.41, 5.74) is 1.37. The van der Waals surface area contributed by atoms with Crippen LogP contribution in [-0.2, 0) is 14.3 Å². The van der Waals surface area contributed by atoms with Crippen molar-refractivity contribution in [2.45, 2.75) is 24.7 Å². The molecule has 0 bridgehead atoms. The van der Waals surface area contributed by atoms with Crippen LogP contribution in [0.25, 0.3) is 0 Å². The number of anilines is 1. The number of rotatable bonds is 5. The van der Waals surface area contributed by atoms with Gasteiger partial charge in [0, 0.05) is 24.9 Å². The van der Waals surface area contributed by atoms with Crippen LogP contribution in [0.5, 0.6) is 0 Å². The summed E-state index contributed by atoms with van der Waals surface area (Å²) in [5.74, 6) is -0.0867. The highest BCUT2D eigenvalue weighted by molar-refractivity contribution is 8.01. The number of amides is 1. The van der Waals surface area contributed by atoms with Gasteiger partial charge in [0.2, 0.25) is 0 Å². The van der Waals surface area contributed by atoms with Gasteiger partial charge in [-0.15, -0.1) is 0 Å². The molecule has 5 nitrogen and oxygen atoms in total. The minimum Gasteiger partial charge on any atom is -0.429 e. The monoisotopic (exact) mass is 332 g/mol. The summed E-state index contributed by atoms with van der Waals surface area (Å²) < 4.78 is 5.53. The van der Waals surface area contributed by atoms with Crippen LogP contribution >= 0.6 is 11.8 Å². The predicted octanol–water partition coefficient (Wildman–Crippen LogP) is 2.61. The zero-order valence-electron chi connectivity index (χ0n) is 13.1. The Morgan fingerprint density at radius 2 is 2.00 bits per heavy atom. The number of ether oxygens (including phenoxy) is 1. The molecule has 1 unspecified atom stereocenters. The van der Waals surface area contributed by atoms with E-state index in [4.69, 9.17) is 4.74 Å². The van der Waals surface area contributed by atoms with Gasteiger partial charge in [0.25, 0.3) is 10.8 Å². The number of cyclic esters (lactones) is 1. The Balaban J connectivity index is 1.90. The van der Waals surface area contributed by atoms with E-state index >= 15 is 0 Å². The third-order valence-electron chi connectivity index (χ3n) is 3.96. The minimum atomic E-state index is -1.29. The van der Waals surface area contributed by atoms with E-state index in [0.717, 1.165) is 25.9 Å². The third-order valence-corrected chi connectivity index (χ3v) is 5.13. The van der Waals surface area contributed by atoms with Gasteiger partial charge in [-0.3, -0.25) is 4.79 Å². The molecule has 1 N–H and O–H groups in total. The summed E-state index contributed by atoms with van der Waals surface area (Å²) in [4.78, 5) is 25.7. The zero-order valence-corrected chi connectivity index (χ0v) is 13.9. The summed E-state index contributed by atoms with van der Waals surface area (Å²) >= 11 is 1.35. The summed E-state index contributed by atoms with van der Waals surface area (Å²) in [6, 6.07) is 9.23. The zero-order chi connectivity index (χ0) is 16.3. The lowest BCUT2D eigenvalue weighted by molar-refractivity contribution is -0.147. The van der Waals surface area contributed by atoms with Crippen molar-refractivity contribution in [3.05, 3.63) is 42.1 Å². The number of likely N-dealkylation sites (tertiary alicyclic amines) is 1. The first-order valence-corrected chi connectivity index (χ1v) is 8.85. The molecule has 2 aliphatic rings. The van der Waals surface area contributed by atoms with Crippen LogP contribution in [0, 0.1) is 0 Å². The van der Waals surface area contributed by atoms with E-state index < -0.39 is 10.9 Å². The van der Waals surface area contributed by atoms with Crippen LogP contribution in [0.3, 0.4) is 0 Å². The van der Waals surface area contributed by atoms with Crippen molar-refractivity contribution in [1.82, 2.24) is 4.90 Å². The topological polar surface area (TPSA) is 58.6 Å². The molecular formula is C17H20N2O3S. The van der Waals surface area contributed by atoms with Crippen molar-refractivity contribution in [3.8, 4) is 0 Å². The minimum absolute atomic E-state index is 0.306. The number of thioether (sulfide) groups is 1. The molecule has 23 heavy (non-hydrogen) atoms. The van der Waals surface area contributed by atoms with E-state index in [1.807, 2.05) is 37.3 Å². The third kappa shape index (κ3) is 3.08. The van der Waals surface area contributed by atoms with E-state index in [1.54, 1.807) is 0 Å². The first-order valence-electron chi connectivity index (χ1n) is 7.86. The van der Waals surface area contributed by atoms with Gasteiger partial charge in [-0.25, -0.2) is 4.79 Å². The maximum absolute atomic E-state index is 13.0. The van der Waals surface area contributed by atoms with Crippen molar-refractivity contribution >= 4 is 29.3 Å². The summed E-state index contributed by atoms with van der Waals surface area (Å²) in [7, 11) is 0. The molecule has 1 atom stereocenters. The van der Waals surface area contributed by atoms with Crippen molar-refractivity contribution in [1.29, 1.82) is 0 Å². The van der Waals surface area contributed by atoms with Crippen LogP contribution in [-0.4, -0.2) is 40.6 Å². The Kier molecular flexibility index (Phi) is 4.61. The summed E-state index contributed by atoms with van der Waals surface area (Å²) in [6.07, 6.45) is 3.61. The van der Waals surface area contributed by atoms with Crippen molar-refractivity contribution in [3.63, 3.8) is 0 Å². The van der Waals surface area contributed by atoms with Gasteiger partial charge in [-0.2, -0.15) is 0 Å². The second kappa shape index (κ2) is 6.66. The molecular weight excluding hydrogens is 312 g/mol. The standard InChI is InChI=1S/C17H20N2O3S/c1-2-23-17(16(21)18-13-8-4-3-5-9-13)14(12-15(20)22-17)19-10-6-7-11-19/h3-5,8-9,12H,2,6-7,10-11H2,1H3,(H,18,21). The molecule has 0 saturated carbocycles. The molecule has 0 aromatic heterocycles. The average Bonchev–Trinajstić information content (AvgIpc) is 3.17. The fourth-order valence-corrected chi connectivity index (χ4v) is 4.02. The highest BCUT2D eigenvalue weighted by Crippen LogP contribution is 2.42. The fraction of sp³-hybridized carbons (Fsp3) is 0.412. The normalized spacial score (nSPS) is 23.6. The number of esters is 1. The van der Waals surface area contributed by atoms with Gasteiger partial charge < -0.3 is 15.0 Å². The molecule has 2 heterocycles. The Hall–Kier alpha value is -1.95. The Bertz CT molecular complexity index is 626. The van der Waals surface area contributed by atoms with Crippen LogP contribution < -0.4 is 5.32 Å². The van der Waals surface area contributed by atoms with Crippen LogP contribution in [0.4, 0.5) is 5.69 Å². The lowest BCUT2D eigenvalue weighted by Gasteiger charge is -2.33. The first kappa shape index (κ1) is 15.9. The van der Waals surface area contributed by atoms with Crippen LogP contribution in [0.15, 0.2) is 42.1 Å². The number of benzene rings is 1. The smallest absolute Gasteiger partial charge is 0.334 e. The van der Waals surface area contributed by atoms with Crippen molar-refractivity contribution in [2.24, 2.45) is 0 Å². The molecule has 2 aliphatic heterocycles. The van der Waals surface area contributed by atoms with Crippen LogP contribution in [0.2, 0.25) is 0 Å². The molecule has 1 aromatic carbocycles. The van der Waals surface area contributed by atoms with Gasteiger partial charge in [0.15, 0.2) is 0 Å². The number of hydrogen-bond donors (Lipinski definition) is 1. The highest BCUT2D eigenvalue weighted by atomic mass is 32.2. The van der Waals surface area contributed by atoms with Gasteiger partial charge >= 0.3 is 5.97 Å². The van der Waals surface area contributed by atoms with E-state index in [1.165, 1.54) is 17.8 Å². The van der Waals surface area contributed by atoms with E-state index in [0.29, 0.717) is 17.1 Å². The molecule has 6 heteroatoms. The SMILES string of the molecule is CCSC1(C(=O)Nc2ccccc2)OC(=O)C=C1N1CCCC1. The number of carbonyl (C=O) groups excluding carboxylic acids is 2. The number of para-hydroxylation sites is 1. The molecule has 1 aromatic rings. The predicted molar refractivity (Wildman–Crippen MR) is 90.9 cm³/mol. The molecule has 0 spiro atoms. The largest absolute Gasteiger partial charge is 0.429 e. The Morgan fingerprint density at radius 1 is 1.30 bits per heavy atom. The molecule has 3 rings (SSSR count). The number of carbonyl (C=O) groups is 2.